The first kappa shape index (κ1) is 20.8. The number of anilines is 1. The van der Waals surface area contributed by atoms with Crippen LogP contribution >= 0.6 is 0 Å². The van der Waals surface area contributed by atoms with E-state index in [0.717, 1.165) is 19.3 Å². The monoisotopic (exact) mass is 374 g/mol. The standard InChI is InChI=1S/C21H30N2O4/c1-21(2,19(24)22-13-12-15-8-6-5-7-9-15)20(25)23-17-14-16(26-3)10-11-18(17)27-4/h8,10-11,14H,5-7,9,12-13H2,1-4H3,(H,22,24)(H,23,25). The Labute approximate surface area is 161 Å². The lowest BCUT2D eigenvalue weighted by molar-refractivity contribution is -0.138. The number of allylic oxidation sites excluding steroid dienone is 1. The van der Waals surface area contributed by atoms with E-state index < -0.39 is 11.3 Å². The first-order valence-corrected chi connectivity index (χ1v) is 9.38. The summed E-state index contributed by atoms with van der Waals surface area (Å²) in [5.74, 6) is 0.403. The van der Waals surface area contributed by atoms with Crippen LogP contribution < -0.4 is 20.1 Å². The zero-order chi connectivity index (χ0) is 19.9. The van der Waals surface area contributed by atoms with Crippen LogP contribution in [-0.2, 0) is 9.59 Å². The number of ether oxygens (including phenoxy) is 2. The average Bonchev–Trinajstić information content (AvgIpc) is 2.68. The quantitative estimate of drug-likeness (QED) is 0.538. The fraction of sp³-hybridized carbons (Fsp3) is 0.524. The Kier molecular flexibility index (Phi) is 7.28. The van der Waals surface area contributed by atoms with Crippen LogP contribution in [0.2, 0.25) is 0 Å². The van der Waals surface area contributed by atoms with Crippen LogP contribution in [0.1, 0.15) is 46.0 Å². The van der Waals surface area contributed by atoms with Gasteiger partial charge in [-0.15, -0.1) is 0 Å². The maximum Gasteiger partial charge on any atom is 0.239 e. The highest BCUT2D eigenvalue weighted by molar-refractivity contribution is 6.10. The van der Waals surface area contributed by atoms with Crippen molar-refractivity contribution in [3.8, 4) is 11.5 Å². The van der Waals surface area contributed by atoms with Crippen molar-refractivity contribution >= 4 is 17.5 Å². The molecule has 0 fully saturated rings. The van der Waals surface area contributed by atoms with Crippen molar-refractivity contribution in [2.24, 2.45) is 5.41 Å². The van der Waals surface area contributed by atoms with E-state index in [9.17, 15) is 9.59 Å². The van der Waals surface area contributed by atoms with Gasteiger partial charge in [-0.2, -0.15) is 0 Å². The summed E-state index contributed by atoms with van der Waals surface area (Å²) in [4.78, 5) is 25.3. The van der Waals surface area contributed by atoms with Gasteiger partial charge in [0.1, 0.15) is 16.9 Å². The second kappa shape index (κ2) is 9.44. The van der Waals surface area contributed by atoms with Crippen molar-refractivity contribution in [3.63, 3.8) is 0 Å². The molecule has 1 aromatic rings. The third kappa shape index (κ3) is 5.49. The van der Waals surface area contributed by atoms with Gasteiger partial charge in [-0.05, 0) is 58.1 Å². The molecule has 2 N–H and O–H groups in total. The second-order valence-electron chi connectivity index (χ2n) is 7.26. The van der Waals surface area contributed by atoms with E-state index >= 15 is 0 Å². The summed E-state index contributed by atoms with van der Waals surface area (Å²) in [6, 6.07) is 5.12. The Hall–Kier alpha value is -2.50. The first-order valence-electron chi connectivity index (χ1n) is 9.38. The van der Waals surface area contributed by atoms with Gasteiger partial charge in [0.05, 0.1) is 19.9 Å². The number of rotatable bonds is 8. The van der Waals surface area contributed by atoms with E-state index in [1.807, 2.05) is 0 Å². The lowest BCUT2D eigenvalue weighted by atomic mass is 9.90. The minimum Gasteiger partial charge on any atom is -0.497 e. The molecule has 0 radical (unpaired) electrons. The predicted octanol–water partition coefficient (Wildman–Crippen LogP) is 3.68. The van der Waals surface area contributed by atoms with E-state index in [0.29, 0.717) is 23.7 Å². The Bertz CT molecular complexity index is 710. The number of carbonyl (C=O) groups is 2. The largest absolute Gasteiger partial charge is 0.497 e. The molecule has 0 spiro atoms. The van der Waals surface area contributed by atoms with Crippen molar-refractivity contribution in [3.05, 3.63) is 29.8 Å². The van der Waals surface area contributed by atoms with Crippen molar-refractivity contribution < 1.29 is 19.1 Å². The van der Waals surface area contributed by atoms with Gasteiger partial charge in [-0.1, -0.05) is 11.6 Å². The number of hydrogen-bond donors (Lipinski definition) is 2. The molecule has 0 heterocycles. The highest BCUT2D eigenvalue weighted by atomic mass is 16.5. The maximum atomic E-state index is 12.7. The number of amides is 2. The molecular weight excluding hydrogens is 344 g/mol. The third-order valence-corrected chi connectivity index (χ3v) is 4.91. The Morgan fingerprint density at radius 1 is 1.11 bits per heavy atom. The molecule has 1 aromatic carbocycles. The fourth-order valence-corrected chi connectivity index (χ4v) is 2.98. The van der Waals surface area contributed by atoms with E-state index in [2.05, 4.69) is 16.7 Å². The van der Waals surface area contributed by atoms with Gasteiger partial charge < -0.3 is 20.1 Å². The van der Waals surface area contributed by atoms with Crippen molar-refractivity contribution in [2.45, 2.75) is 46.0 Å². The normalized spacial score (nSPS) is 14.1. The van der Waals surface area contributed by atoms with Crippen molar-refractivity contribution in [1.82, 2.24) is 5.32 Å². The van der Waals surface area contributed by atoms with Gasteiger partial charge in [-0.25, -0.2) is 0 Å². The molecule has 1 aliphatic carbocycles. The molecule has 6 heteroatoms. The molecule has 1 aliphatic rings. The molecule has 0 bridgehead atoms. The Morgan fingerprint density at radius 3 is 2.52 bits per heavy atom. The summed E-state index contributed by atoms with van der Waals surface area (Å²) in [7, 11) is 3.07. The molecule has 6 nitrogen and oxygen atoms in total. The molecule has 0 saturated carbocycles. The highest BCUT2D eigenvalue weighted by Crippen LogP contribution is 2.30. The summed E-state index contributed by atoms with van der Waals surface area (Å²) in [5, 5.41) is 5.67. The topological polar surface area (TPSA) is 76.7 Å². The first-order chi connectivity index (χ1) is 12.9. The summed E-state index contributed by atoms with van der Waals surface area (Å²) in [5.41, 5.74) is 0.648. The van der Waals surface area contributed by atoms with Crippen molar-refractivity contribution in [2.75, 3.05) is 26.1 Å². The van der Waals surface area contributed by atoms with Gasteiger partial charge in [-0.3, -0.25) is 9.59 Å². The van der Waals surface area contributed by atoms with Crippen LogP contribution in [0.4, 0.5) is 5.69 Å². The summed E-state index contributed by atoms with van der Waals surface area (Å²) in [6.07, 6.45) is 7.80. The third-order valence-electron chi connectivity index (χ3n) is 4.91. The zero-order valence-electron chi connectivity index (χ0n) is 16.7. The second-order valence-corrected chi connectivity index (χ2v) is 7.26. The minimum atomic E-state index is -1.21. The summed E-state index contributed by atoms with van der Waals surface area (Å²) < 4.78 is 10.5. The fourth-order valence-electron chi connectivity index (χ4n) is 2.98. The van der Waals surface area contributed by atoms with E-state index in [1.54, 1.807) is 39.2 Å². The molecule has 0 atom stereocenters. The number of hydrogen-bond acceptors (Lipinski definition) is 4. The number of benzene rings is 1. The number of carbonyl (C=O) groups excluding carboxylic acids is 2. The summed E-state index contributed by atoms with van der Waals surface area (Å²) >= 11 is 0. The van der Waals surface area contributed by atoms with Crippen LogP contribution in [0.3, 0.4) is 0 Å². The Morgan fingerprint density at radius 2 is 1.89 bits per heavy atom. The Balaban J connectivity index is 1.97. The molecule has 2 amide bonds. The van der Waals surface area contributed by atoms with E-state index in [1.165, 1.54) is 25.5 Å². The zero-order valence-corrected chi connectivity index (χ0v) is 16.7. The van der Waals surface area contributed by atoms with Crippen molar-refractivity contribution in [1.29, 1.82) is 0 Å². The molecule has 27 heavy (non-hydrogen) atoms. The van der Waals surface area contributed by atoms with Gasteiger partial charge >= 0.3 is 0 Å². The minimum absolute atomic E-state index is 0.293. The van der Waals surface area contributed by atoms with E-state index in [-0.39, 0.29) is 5.91 Å². The highest BCUT2D eigenvalue weighted by Gasteiger charge is 2.36. The van der Waals surface area contributed by atoms with Gasteiger partial charge in [0.2, 0.25) is 11.8 Å². The number of methoxy groups -OCH3 is 2. The molecular formula is C21H30N2O4. The molecule has 0 saturated heterocycles. The molecule has 0 aromatic heterocycles. The lowest BCUT2D eigenvalue weighted by Gasteiger charge is -2.24. The lowest BCUT2D eigenvalue weighted by Crippen LogP contribution is -2.45. The number of nitrogens with one attached hydrogen (secondary N) is 2. The van der Waals surface area contributed by atoms with E-state index in [4.69, 9.17) is 9.47 Å². The smallest absolute Gasteiger partial charge is 0.239 e. The van der Waals surface area contributed by atoms with Crippen LogP contribution in [0.15, 0.2) is 29.8 Å². The molecule has 0 unspecified atom stereocenters. The predicted molar refractivity (Wildman–Crippen MR) is 106 cm³/mol. The molecule has 2 rings (SSSR count). The summed E-state index contributed by atoms with van der Waals surface area (Å²) in [6.45, 7) is 3.78. The van der Waals surface area contributed by atoms with Crippen LogP contribution in [-0.4, -0.2) is 32.6 Å². The molecule has 148 valence electrons. The van der Waals surface area contributed by atoms with Crippen LogP contribution in [0.25, 0.3) is 0 Å². The maximum absolute atomic E-state index is 12.7. The van der Waals surface area contributed by atoms with Crippen LogP contribution in [0.5, 0.6) is 11.5 Å². The average molecular weight is 374 g/mol. The molecule has 0 aliphatic heterocycles. The SMILES string of the molecule is COc1ccc(OC)c(NC(=O)C(C)(C)C(=O)NCCC2=CCCCC2)c1. The van der Waals surface area contributed by atoms with Gasteiger partial charge in [0, 0.05) is 12.6 Å². The van der Waals surface area contributed by atoms with Gasteiger partial charge in [0.15, 0.2) is 0 Å². The van der Waals surface area contributed by atoms with Crippen LogP contribution in [0, 0.1) is 5.41 Å². The van der Waals surface area contributed by atoms with Gasteiger partial charge in [0.25, 0.3) is 0 Å².